The molecule has 0 amide bonds. The molecule has 1 rings (SSSR count). The zero-order chi connectivity index (χ0) is 9.24. The summed E-state index contributed by atoms with van der Waals surface area (Å²) in [5.41, 5.74) is 12.2. The van der Waals surface area contributed by atoms with Crippen LogP contribution in [0, 0.1) is 5.41 Å². The summed E-state index contributed by atoms with van der Waals surface area (Å²) in [6, 6.07) is 0. The third-order valence-corrected chi connectivity index (χ3v) is 3.23. The first kappa shape index (κ1) is 10.0. The van der Waals surface area contributed by atoms with E-state index in [0.717, 1.165) is 12.8 Å². The fourth-order valence-corrected chi connectivity index (χ4v) is 1.96. The molecule has 1 saturated carbocycles. The molecular weight excluding hydrogens is 148 g/mol. The smallest absolute Gasteiger partial charge is 0.0278 e. The van der Waals surface area contributed by atoms with E-state index in [-0.39, 0.29) is 5.54 Å². The van der Waals surface area contributed by atoms with E-state index >= 15 is 0 Å². The Morgan fingerprint density at radius 3 is 2.33 bits per heavy atom. The Kier molecular flexibility index (Phi) is 2.79. The lowest BCUT2D eigenvalue weighted by molar-refractivity contribution is 0.299. The van der Waals surface area contributed by atoms with Gasteiger partial charge in [-0.15, -0.1) is 0 Å². The van der Waals surface area contributed by atoms with Crippen LogP contribution in [0.15, 0.2) is 0 Å². The standard InChI is InChI=1S/C10H22N2/c1-9(2)4-3-5-10(12,8-11)7-6-9/h3-8,11-12H2,1-2H3. The summed E-state index contributed by atoms with van der Waals surface area (Å²) >= 11 is 0. The van der Waals surface area contributed by atoms with E-state index < -0.39 is 0 Å². The van der Waals surface area contributed by atoms with Crippen LogP contribution in [0.5, 0.6) is 0 Å². The second kappa shape index (κ2) is 3.35. The normalized spacial score (nSPS) is 36.0. The van der Waals surface area contributed by atoms with Crippen LogP contribution in [0.1, 0.15) is 46.0 Å². The fourth-order valence-electron chi connectivity index (χ4n) is 1.96. The molecule has 0 aromatic carbocycles. The molecule has 1 atom stereocenters. The molecule has 0 spiro atoms. The van der Waals surface area contributed by atoms with Gasteiger partial charge in [-0.1, -0.05) is 20.3 Å². The maximum Gasteiger partial charge on any atom is 0.0278 e. The molecule has 2 heteroatoms. The molecular formula is C10H22N2. The van der Waals surface area contributed by atoms with E-state index in [0.29, 0.717) is 12.0 Å². The Bertz CT molecular complexity index is 154. The van der Waals surface area contributed by atoms with Gasteiger partial charge in [0.2, 0.25) is 0 Å². The van der Waals surface area contributed by atoms with Crippen molar-refractivity contribution in [2.45, 2.75) is 51.5 Å². The van der Waals surface area contributed by atoms with Crippen molar-refractivity contribution in [3.8, 4) is 0 Å². The van der Waals surface area contributed by atoms with Gasteiger partial charge in [0, 0.05) is 12.1 Å². The van der Waals surface area contributed by atoms with Crippen molar-refractivity contribution in [2.75, 3.05) is 6.54 Å². The van der Waals surface area contributed by atoms with Crippen LogP contribution >= 0.6 is 0 Å². The zero-order valence-electron chi connectivity index (χ0n) is 8.40. The minimum Gasteiger partial charge on any atom is -0.329 e. The van der Waals surface area contributed by atoms with Crippen LogP contribution in [0.2, 0.25) is 0 Å². The molecule has 0 aromatic rings. The lowest BCUT2D eigenvalue weighted by atomic mass is 9.84. The predicted molar refractivity (Wildman–Crippen MR) is 52.8 cm³/mol. The maximum absolute atomic E-state index is 6.15. The SMILES string of the molecule is CC1(C)CCCC(N)(CN)CC1. The van der Waals surface area contributed by atoms with Crippen LogP contribution in [0.3, 0.4) is 0 Å². The van der Waals surface area contributed by atoms with E-state index in [1.165, 1.54) is 19.3 Å². The molecule has 0 saturated heterocycles. The van der Waals surface area contributed by atoms with Crippen molar-refractivity contribution in [2.24, 2.45) is 16.9 Å². The first-order chi connectivity index (χ1) is 5.47. The van der Waals surface area contributed by atoms with E-state index in [4.69, 9.17) is 11.5 Å². The highest BCUT2D eigenvalue weighted by Gasteiger charge is 2.31. The minimum absolute atomic E-state index is 0.0617. The Balaban J connectivity index is 2.56. The average Bonchev–Trinajstić information content (AvgIpc) is 2.13. The van der Waals surface area contributed by atoms with Crippen molar-refractivity contribution in [3.05, 3.63) is 0 Å². The lowest BCUT2D eigenvalue weighted by Gasteiger charge is -2.27. The third-order valence-electron chi connectivity index (χ3n) is 3.23. The summed E-state index contributed by atoms with van der Waals surface area (Å²) in [6.07, 6.45) is 5.96. The molecule has 1 aliphatic rings. The van der Waals surface area contributed by atoms with Gasteiger partial charge in [-0.2, -0.15) is 0 Å². The molecule has 0 radical (unpaired) electrons. The van der Waals surface area contributed by atoms with Gasteiger partial charge in [0.25, 0.3) is 0 Å². The monoisotopic (exact) mass is 170 g/mol. The summed E-state index contributed by atoms with van der Waals surface area (Å²) < 4.78 is 0. The van der Waals surface area contributed by atoms with Gasteiger partial charge in [0.1, 0.15) is 0 Å². The van der Waals surface area contributed by atoms with Gasteiger partial charge < -0.3 is 11.5 Å². The fraction of sp³-hybridized carbons (Fsp3) is 1.00. The lowest BCUT2D eigenvalue weighted by Crippen LogP contribution is -2.46. The van der Waals surface area contributed by atoms with Crippen molar-refractivity contribution >= 4 is 0 Å². The molecule has 1 fully saturated rings. The first-order valence-corrected chi connectivity index (χ1v) is 4.96. The van der Waals surface area contributed by atoms with Gasteiger partial charge in [0.05, 0.1) is 0 Å². The summed E-state index contributed by atoms with van der Waals surface area (Å²) in [6.45, 7) is 5.30. The zero-order valence-corrected chi connectivity index (χ0v) is 8.40. The molecule has 4 N–H and O–H groups in total. The number of hydrogen-bond donors (Lipinski definition) is 2. The Hall–Kier alpha value is -0.0800. The highest BCUT2D eigenvalue weighted by Crippen LogP contribution is 2.36. The quantitative estimate of drug-likeness (QED) is 0.588. The molecule has 2 nitrogen and oxygen atoms in total. The summed E-state index contributed by atoms with van der Waals surface area (Å²) in [5, 5.41) is 0. The number of hydrogen-bond acceptors (Lipinski definition) is 2. The molecule has 12 heavy (non-hydrogen) atoms. The molecule has 0 aliphatic heterocycles. The van der Waals surface area contributed by atoms with E-state index in [9.17, 15) is 0 Å². The average molecular weight is 170 g/mol. The molecule has 0 heterocycles. The molecule has 0 bridgehead atoms. The highest BCUT2D eigenvalue weighted by atomic mass is 14.8. The second-order valence-corrected chi connectivity index (χ2v) is 5.08. The Labute approximate surface area is 75.7 Å². The summed E-state index contributed by atoms with van der Waals surface area (Å²) in [4.78, 5) is 0. The predicted octanol–water partition coefficient (Wildman–Crippen LogP) is 1.63. The topological polar surface area (TPSA) is 52.0 Å². The second-order valence-electron chi connectivity index (χ2n) is 5.08. The highest BCUT2D eigenvalue weighted by molar-refractivity contribution is 4.90. The van der Waals surface area contributed by atoms with Crippen molar-refractivity contribution in [3.63, 3.8) is 0 Å². The van der Waals surface area contributed by atoms with E-state index in [1.54, 1.807) is 0 Å². The van der Waals surface area contributed by atoms with E-state index in [1.807, 2.05) is 0 Å². The number of rotatable bonds is 1. The summed E-state index contributed by atoms with van der Waals surface area (Å²) in [7, 11) is 0. The molecule has 1 unspecified atom stereocenters. The molecule has 0 aromatic heterocycles. The van der Waals surface area contributed by atoms with Gasteiger partial charge in [0.15, 0.2) is 0 Å². The van der Waals surface area contributed by atoms with Crippen LogP contribution in [0.25, 0.3) is 0 Å². The van der Waals surface area contributed by atoms with Crippen LogP contribution < -0.4 is 11.5 Å². The summed E-state index contributed by atoms with van der Waals surface area (Å²) in [5.74, 6) is 0. The molecule has 72 valence electrons. The van der Waals surface area contributed by atoms with Crippen molar-refractivity contribution in [1.29, 1.82) is 0 Å². The minimum atomic E-state index is -0.0617. The molecule has 1 aliphatic carbocycles. The van der Waals surface area contributed by atoms with Gasteiger partial charge in [-0.25, -0.2) is 0 Å². The van der Waals surface area contributed by atoms with Crippen LogP contribution in [0.4, 0.5) is 0 Å². The van der Waals surface area contributed by atoms with Gasteiger partial charge in [-0.3, -0.25) is 0 Å². The Morgan fingerprint density at radius 2 is 1.75 bits per heavy atom. The number of nitrogens with two attached hydrogens (primary N) is 2. The Morgan fingerprint density at radius 1 is 1.08 bits per heavy atom. The van der Waals surface area contributed by atoms with Crippen molar-refractivity contribution < 1.29 is 0 Å². The largest absolute Gasteiger partial charge is 0.329 e. The third kappa shape index (κ3) is 2.46. The first-order valence-electron chi connectivity index (χ1n) is 4.96. The van der Waals surface area contributed by atoms with Gasteiger partial charge >= 0.3 is 0 Å². The van der Waals surface area contributed by atoms with Crippen LogP contribution in [-0.2, 0) is 0 Å². The van der Waals surface area contributed by atoms with E-state index in [2.05, 4.69) is 13.8 Å². The van der Waals surface area contributed by atoms with Crippen molar-refractivity contribution in [1.82, 2.24) is 0 Å². The van der Waals surface area contributed by atoms with Gasteiger partial charge in [-0.05, 0) is 31.1 Å². The van der Waals surface area contributed by atoms with Crippen LogP contribution in [-0.4, -0.2) is 12.1 Å². The maximum atomic E-state index is 6.15.